The summed E-state index contributed by atoms with van der Waals surface area (Å²) in [5, 5.41) is 0.633. The molecule has 1 aromatic carbocycles. The average molecular weight is 273 g/mol. The molecule has 0 atom stereocenters. The monoisotopic (exact) mass is 273 g/mol. The van der Waals surface area contributed by atoms with Gasteiger partial charge in [-0.05, 0) is 36.8 Å². The van der Waals surface area contributed by atoms with Crippen LogP contribution in [0.2, 0.25) is 0 Å². The number of aryl methyl sites for hydroxylation is 1. The fraction of sp³-hybridized carbons (Fsp3) is 0.143. The third-order valence-electron chi connectivity index (χ3n) is 2.90. The van der Waals surface area contributed by atoms with Gasteiger partial charge in [-0.1, -0.05) is 18.3 Å². The van der Waals surface area contributed by atoms with Gasteiger partial charge in [0.25, 0.3) is 0 Å². The number of benzene rings is 1. The van der Waals surface area contributed by atoms with Crippen LogP contribution in [0.25, 0.3) is 20.9 Å². The van der Waals surface area contributed by atoms with Crippen LogP contribution >= 0.6 is 11.3 Å². The number of thiazole rings is 1. The lowest BCUT2D eigenvalue weighted by Crippen LogP contribution is -1.88. The topological polar surface area (TPSA) is 51.8 Å². The molecule has 0 fully saturated rings. The first-order chi connectivity index (χ1) is 9.17. The van der Waals surface area contributed by atoms with Gasteiger partial charge >= 0.3 is 0 Å². The van der Waals surface area contributed by atoms with E-state index in [1.807, 2.05) is 12.1 Å². The summed E-state index contributed by atoms with van der Waals surface area (Å²) in [6, 6.07) is 8.52. The number of anilines is 1. The first kappa shape index (κ1) is 12.0. The summed E-state index contributed by atoms with van der Waals surface area (Å²) >= 11 is 1.40. The molecule has 19 heavy (non-hydrogen) atoms. The molecule has 0 radical (unpaired) electrons. The second-order valence-corrected chi connectivity index (χ2v) is 5.22. The van der Waals surface area contributed by atoms with Crippen LogP contribution in [-0.4, -0.2) is 9.97 Å². The minimum Gasteiger partial charge on any atom is -0.399 e. The van der Waals surface area contributed by atoms with Gasteiger partial charge in [0, 0.05) is 16.9 Å². The van der Waals surface area contributed by atoms with Gasteiger partial charge in [0.05, 0.1) is 0 Å². The molecule has 3 aromatic rings. The highest BCUT2D eigenvalue weighted by Crippen LogP contribution is 2.31. The summed E-state index contributed by atoms with van der Waals surface area (Å²) in [5.41, 5.74) is 8.24. The van der Waals surface area contributed by atoms with Crippen molar-refractivity contribution in [3.05, 3.63) is 41.8 Å². The van der Waals surface area contributed by atoms with E-state index in [1.165, 1.54) is 17.4 Å². The number of hydrogen-bond acceptors (Lipinski definition) is 4. The fourth-order valence-corrected chi connectivity index (χ4v) is 2.86. The molecule has 0 saturated carbocycles. The second-order valence-electron chi connectivity index (χ2n) is 4.24. The molecular formula is C14H12FN3S. The molecule has 3 nitrogen and oxygen atoms in total. The minimum atomic E-state index is -0.352. The maximum atomic E-state index is 13.9. The molecule has 0 aliphatic rings. The predicted molar refractivity (Wildman–Crippen MR) is 76.6 cm³/mol. The van der Waals surface area contributed by atoms with Crippen molar-refractivity contribution in [1.82, 2.24) is 9.97 Å². The number of hydrogen-bond donors (Lipinski definition) is 1. The average Bonchev–Trinajstić information content (AvgIpc) is 2.80. The molecule has 3 rings (SSSR count). The van der Waals surface area contributed by atoms with E-state index in [1.54, 1.807) is 12.1 Å². The van der Waals surface area contributed by atoms with Crippen LogP contribution in [0, 0.1) is 5.82 Å². The van der Waals surface area contributed by atoms with Gasteiger partial charge in [-0.25, -0.2) is 14.4 Å². The molecule has 0 unspecified atom stereocenters. The third-order valence-corrected chi connectivity index (χ3v) is 3.90. The van der Waals surface area contributed by atoms with E-state index in [4.69, 9.17) is 5.73 Å². The van der Waals surface area contributed by atoms with Gasteiger partial charge in [-0.2, -0.15) is 0 Å². The van der Waals surface area contributed by atoms with Crippen LogP contribution in [0.4, 0.5) is 10.1 Å². The summed E-state index contributed by atoms with van der Waals surface area (Å²) in [6.45, 7) is 2.05. The van der Waals surface area contributed by atoms with Crippen LogP contribution in [0.3, 0.4) is 0 Å². The smallest absolute Gasteiger partial charge is 0.144 e. The van der Waals surface area contributed by atoms with E-state index < -0.39 is 0 Å². The zero-order valence-electron chi connectivity index (χ0n) is 10.4. The second kappa shape index (κ2) is 4.59. The van der Waals surface area contributed by atoms with Gasteiger partial charge in [0.2, 0.25) is 0 Å². The van der Waals surface area contributed by atoms with E-state index >= 15 is 0 Å². The van der Waals surface area contributed by atoms with Crippen LogP contribution in [0.5, 0.6) is 0 Å². The number of nitrogens with two attached hydrogens (primary N) is 1. The molecule has 0 saturated heterocycles. The van der Waals surface area contributed by atoms with Crippen molar-refractivity contribution in [2.24, 2.45) is 0 Å². The highest BCUT2D eigenvalue weighted by Gasteiger charge is 2.12. The Bertz CT molecular complexity index is 752. The molecule has 2 N–H and O–H groups in total. The Morgan fingerprint density at radius 2 is 2.05 bits per heavy atom. The molecule has 0 amide bonds. The van der Waals surface area contributed by atoms with Crippen molar-refractivity contribution in [3.8, 4) is 10.6 Å². The van der Waals surface area contributed by atoms with E-state index in [0.717, 1.165) is 22.5 Å². The minimum absolute atomic E-state index is 0.352. The van der Waals surface area contributed by atoms with Gasteiger partial charge < -0.3 is 5.73 Å². The number of fused-ring (bicyclic) bond motifs is 1. The van der Waals surface area contributed by atoms with Crippen molar-refractivity contribution < 1.29 is 4.39 Å². The van der Waals surface area contributed by atoms with Crippen LogP contribution in [-0.2, 0) is 6.42 Å². The van der Waals surface area contributed by atoms with Gasteiger partial charge in [-0.3, -0.25) is 0 Å². The van der Waals surface area contributed by atoms with E-state index in [-0.39, 0.29) is 5.82 Å². The van der Waals surface area contributed by atoms with Crippen molar-refractivity contribution in [2.75, 3.05) is 5.73 Å². The molecule has 0 aliphatic heterocycles. The molecule has 2 heterocycles. The number of rotatable bonds is 2. The lowest BCUT2D eigenvalue weighted by molar-refractivity contribution is 0.632. The quantitative estimate of drug-likeness (QED) is 0.725. The Morgan fingerprint density at radius 3 is 2.79 bits per heavy atom. The number of halogens is 1. The lowest BCUT2D eigenvalue weighted by Gasteiger charge is -1.99. The summed E-state index contributed by atoms with van der Waals surface area (Å²) in [4.78, 5) is 9.76. The summed E-state index contributed by atoms with van der Waals surface area (Å²) in [7, 11) is 0. The fourth-order valence-electron chi connectivity index (χ4n) is 1.87. The maximum Gasteiger partial charge on any atom is 0.144 e. The van der Waals surface area contributed by atoms with Crippen molar-refractivity contribution in [3.63, 3.8) is 0 Å². The first-order valence-electron chi connectivity index (χ1n) is 5.99. The molecule has 0 aliphatic carbocycles. The molecule has 0 spiro atoms. The maximum absolute atomic E-state index is 13.9. The Hall–Kier alpha value is -2.01. The van der Waals surface area contributed by atoms with Crippen molar-refractivity contribution in [1.29, 1.82) is 0 Å². The Labute approximate surface area is 113 Å². The number of pyridine rings is 1. The summed E-state index contributed by atoms with van der Waals surface area (Å²) in [6.07, 6.45) is 0.874. The van der Waals surface area contributed by atoms with Crippen LogP contribution in [0.15, 0.2) is 30.3 Å². The SMILES string of the molecule is CCc1ccc2nc(-c3ccc(N)cc3F)sc2n1. The largest absolute Gasteiger partial charge is 0.399 e. The standard InChI is InChI=1S/C14H12FN3S/c1-2-9-4-6-12-14(17-9)19-13(18-12)10-5-3-8(16)7-11(10)15/h3-7H,2,16H2,1H3. The zero-order chi connectivity index (χ0) is 13.4. The summed E-state index contributed by atoms with van der Waals surface area (Å²) < 4.78 is 13.9. The Balaban J connectivity index is 2.14. The number of nitrogens with zero attached hydrogens (tertiary/aromatic N) is 2. The molecule has 96 valence electrons. The Kier molecular flexibility index (Phi) is 2.91. The lowest BCUT2D eigenvalue weighted by atomic mass is 10.2. The molecule has 2 aromatic heterocycles. The molecule has 5 heteroatoms. The summed E-state index contributed by atoms with van der Waals surface area (Å²) in [5.74, 6) is -0.352. The zero-order valence-corrected chi connectivity index (χ0v) is 11.2. The highest BCUT2D eigenvalue weighted by atomic mass is 32.1. The number of nitrogen functional groups attached to an aromatic ring is 1. The number of aromatic nitrogens is 2. The van der Waals surface area contributed by atoms with Gasteiger partial charge in [-0.15, -0.1) is 0 Å². The van der Waals surface area contributed by atoms with Crippen LogP contribution < -0.4 is 5.73 Å². The Morgan fingerprint density at radius 1 is 1.21 bits per heavy atom. The molecular weight excluding hydrogens is 261 g/mol. The highest BCUT2D eigenvalue weighted by molar-refractivity contribution is 7.21. The van der Waals surface area contributed by atoms with Crippen LogP contribution in [0.1, 0.15) is 12.6 Å². The van der Waals surface area contributed by atoms with Crippen molar-refractivity contribution in [2.45, 2.75) is 13.3 Å². The van der Waals surface area contributed by atoms with Crippen molar-refractivity contribution >= 4 is 27.4 Å². The third kappa shape index (κ3) is 2.17. The normalized spacial score (nSPS) is 11.1. The van der Waals surface area contributed by atoms with Gasteiger partial charge in [0.1, 0.15) is 21.2 Å². The van der Waals surface area contributed by atoms with E-state index in [0.29, 0.717) is 16.3 Å². The van der Waals surface area contributed by atoms with E-state index in [2.05, 4.69) is 16.9 Å². The molecule has 0 bridgehead atoms. The first-order valence-corrected chi connectivity index (χ1v) is 6.81. The van der Waals surface area contributed by atoms with E-state index in [9.17, 15) is 4.39 Å². The predicted octanol–water partition coefficient (Wildman–Crippen LogP) is 3.64. The van der Waals surface area contributed by atoms with Gasteiger partial charge in [0.15, 0.2) is 0 Å².